The molecule has 5 heteroatoms. The normalized spacial score (nSPS) is 11.2. The molecular formula is C27H30ClNO3. The highest BCUT2D eigenvalue weighted by Gasteiger charge is 2.14. The molecule has 0 aliphatic heterocycles. The summed E-state index contributed by atoms with van der Waals surface area (Å²) < 4.78 is 11.7. The van der Waals surface area contributed by atoms with E-state index in [0.717, 1.165) is 16.9 Å². The molecule has 3 rings (SSSR count). The van der Waals surface area contributed by atoms with Crippen LogP contribution in [0.3, 0.4) is 0 Å². The molecule has 0 spiro atoms. The van der Waals surface area contributed by atoms with E-state index in [0.29, 0.717) is 36.1 Å². The van der Waals surface area contributed by atoms with Crippen molar-refractivity contribution in [2.75, 3.05) is 6.61 Å². The van der Waals surface area contributed by atoms with Crippen molar-refractivity contribution in [2.24, 2.45) is 0 Å². The fraction of sp³-hybridized carbons (Fsp3) is 0.296. The molecule has 3 aromatic rings. The van der Waals surface area contributed by atoms with E-state index in [1.807, 2.05) is 55.5 Å². The van der Waals surface area contributed by atoms with E-state index in [9.17, 15) is 4.79 Å². The Labute approximate surface area is 195 Å². The minimum atomic E-state index is -0.154. The van der Waals surface area contributed by atoms with Crippen LogP contribution in [-0.2, 0) is 18.6 Å². The standard InChI is InChI=1S/C27H30ClNO3/c1-5-31-25-15-8-20(26(30)29-17-19-6-11-23(28)12-7-19)16-21(25)18-32-24-13-9-22(10-14-24)27(2,3)4/h6-16H,5,17-18H2,1-4H3,(H,29,30). The summed E-state index contributed by atoms with van der Waals surface area (Å²) in [5.41, 5.74) is 3.71. The molecule has 0 fully saturated rings. The first kappa shape index (κ1) is 23.7. The topological polar surface area (TPSA) is 47.6 Å². The average molecular weight is 452 g/mol. The Hall–Kier alpha value is -2.98. The van der Waals surface area contributed by atoms with E-state index >= 15 is 0 Å². The van der Waals surface area contributed by atoms with Crippen LogP contribution in [0, 0.1) is 0 Å². The molecule has 0 saturated heterocycles. The smallest absolute Gasteiger partial charge is 0.251 e. The summed E-state index contributed by atoms with van der Waals surface area (Å²) in [7, 11) is 0. The fourth-order valence-electron chi connectivity index (χ4n) is 3.23. The number of hydrogen-bond acceptors (Lipinski definition) is 3. The van der Waals surface area contributed by atoms with E-state index in [2.05, 4.69) is 38.2 Å². The highest BCUT2D eigenvalue weighted by Crippen LogP contribution is 2.26. The molecular weight excluding hydrogens is 422 g/mol. The molecule has 32 heavy (non-hydrogen) atoms. The maximum atomic E-state index is 12.7. The maximum absolute atomic E-state index is 12.7. The molecule has 0 saturated carbocycles. The quantitative estimate of drug-likeness (QED) is 0.422. The van der Waals surface area contributed by atoms with Gasteiger partial charge in [-0.05, 0) is 65.9 Å². The molecule has 0 unspecified atom stereocenters. The van der Waals surface area contributed by atoms with Crippen molar-refractivity contribution in [3.05, 3.63) is 94.0 Å². The number of carbonyl (C=O) groups is 1. The largest absolute Gasteiger partial charge is 0.493 e. The van der Waals surface area contributed by atoms with Gasteiger partial charge >= 0.3 is 0 Å². The van der Waals surface area contributed by atoms with Crippen molar-refractivity contribution >= 4 is 17.5 Å². The van der Waals surface area contributed by atoms with Crippen LogP contribution in [0.4, 0.5) is 0 Å². The van der Waals surface area contributed by atoms with Gasteiger partial charge in [0.2, 0.25) is 0 Å². The Morgan fingerprint density at radius 3 is 2.25 bits per heavy atom. The molecule has 0 aromatic heterocycles. The summed E-state index contributed by atoms with van der Waals surface area (Å²) in [4.78, 5) is 12.7. The van der Waals surface area contributed by atoms with Crippen LogP contribution in [0.25, 0.3) is 0 Å². The third-order valence-corrected chi connectivity index (χ3v) is 5.36. The highest BCUT2D eigenvalue weighted by atomic mass is 35.5. The first-order chi connectivity index (χ1) is 15.3. The summed E-state index contributed by atoms with van der Waals surface area (Å²) in [6.07, 6.45) is 0. The molecule has 0 aliphatic rings. The van der Waals surface area contributed by atoms with Gasteiger partial charge in [-0.1, -0.05) is 56.6 Å². The molecule has 3 aromatic carbocycles. The van der Waals surface area contributed by atoms with Crippen molar-refractivity contribution in [3.63, 3.8) is 0 Å². The van der Waals surface area contributed by atoms with Gasteiger partial charge in [0.15, 0.2) is 0 Å². The average Bonchev–Trinajstić information content (AvgIpc) is 2.77. The van der Waals surface area contributed by atoms with Gasteiger partial charge in [-0.25, -0.2) is 0 Å². The predicted molar refractivity (Wildman–Crippen MR) is 130 cm³/mol. The predicted octanol–water partition coefficient (Wildman–Crippen LogP) is 6.55. The van der Waals surface area contributed by atoms with Crippen molar-refractivity contribution in [1.82, 2.24) is 5.32 Å². The second-order valence-electron chi connectivity index (χ2n) is 8.63. The first-order valence-electron chi connectivity index (χ1n) is 10.8. The number of benzene rings is 3. The van der Waals surface area contributed by atoms with Crippen molar-refractivity contribution in [2.45, 2.75) is 46.3 Å². The van der Waals surface area contributed by atoms with E-state index in [1.165, 1.54) is 5.56 Å². The van der Waals surface area contributed by atoms with Crippen molar-refractivity contribution in [1.29, 1.82) is 0 Å². The van der Waals surface area contributed by atoms with Gasteiger partial charge in [0.25, 0.3) is 5.91 Å². The van der Waals surface area contributed by atoms with Gasteiger partial charge in [0.05, 0.1) is 6.61 Å². The molecule has 0 heterocycles. The lowest BCUT2D eigenvalue weighted by atomic mass is 9.87. The van der Waals surface area contributed by atoms with Crippen LogP contribution in [0.15, 0.2) is 66.7 Å². The summed E-state index contributed by atoms with van der Waals surface area (Å²) in [6, 6.07) is 20.9. The van der Waals surface area contributed by atoms with Crippen LogP contribution in [0.5, 0.6) is 11.5 Å². The summed E-state index contributed by atoms with van der Waals surface area (Å²) in [6.45, 7) is 9.75. The number of halogens is 1. The Balaban J connectivity index is 1.69. The lowest BCUT2D eigenvalue weighted by Crippen LogP contribution is -2.23. The van der Waals surface area contributed by atoms with E-state index < -0.39 is 0 Å². The molecule has 1 amide bonds. The zero-order chi connectivity index (χ0) is 23.1. The minimum Gasteiger partial charge on any atom is -0.493 e. The molecule has 1 N–H and O–H groups in total. The number of amides is 1. The van der Waals surface area contributed by atoms with Crippen molar-refractivity contribution in [3.8, 4) is 11.5 Å². The minimum absolute atomic E-state index is 0.0916. The molecule has 168 valence electrons. The van der Waals surface area contributed by atoms with Gasteiger partial charge in [-0.15, -0.1) is 0 Å². The van der Waals surface area contributed by atoms with E-state index in [4.69, 9.17) is 21.1 Å². The monoisotopic (exact) mass is 451 g/mol. The van der Waals surface area contributed by atoms with Gasteiger partial charge in [-0.2, -0.15) is 0 Å². The summed E-state index contributed by atoms with van der Waals surface area (Å²) >= 11 is 5.92. The number of nitrogens with one attached hydrogen (secondary N) is 1. The van der Waals surface area contributed by atoms with Crippen LogP contribution in [0.2, 0.25) is 5.02 Å². The van der Waals surface area contributed by atoms with Gasteiger partial charge in [0.1, 0.15) is 18.1 Å². The first-order valence-corrected chi connectivity index (χ1v) is 11.2. The molecule has 4 nitrogen and oxygen atoms in total. The summed E-state index contributed by atoms with van der Waals surface area (Å²) in [5.74, 6) is 1.34. The Bertz CT molecular complexity index is 1040. The van der Waals surface area contributed by atoms with Gasteiger partial charge < -0.3 is 14.8 Å². The zero-order valence-corrected chi connectivity index (χ0v) is 19.8. The van der Waals surface area contributed by atoms with Crippen LogP contribution < -0.4 is 14.8 Å². The maximum Gasteiger partial charge on any atom is 0.251 e. The fourth-order valence-corrected chi connectivity index (χ4v) is 3.35. The third kappa shape index (κ3) is 6.51. The number of rotatable bonds is 8. The number of ether oxygens (including phenoxy) is 2. The van der Waals surface area contributed by atoms with Gasteiger partial charge in [-0.3, -0.25) is 4.79 Å². The number of carbonyl (C=O) groups excluding carboxylic acids is 1. The summed E-state index contributed by atoms with van der Waals surface area (Å²) in [5, 5.41) is 3.61. The molecule has 0 bridgehead atoms. The lowest BCUT2D eigenvalue weighted by Gasteiger charge is -2.19. The van der Waals surface area contributed by atoms with Crippen LogP contribution >= 0.6 is 11.6 Å². The van der Waals surface area contributed by atoms with E-state index in [1.54, 1.807) is 6.07 Å². The second kappa shape index (κ2) is 10.6. The molecule has 0 radical (unpaired) electrons. The Morgan fingerprint density at radius 1 is 0.938 bits per heavy atom. The van der Waals surface area contributed by atoms with E-state index in [-0.39, 0.29) is 11.3 Å². The van der Waals surface area contributed by atoms with Crippen LogP contribution in [-0.4, -0.2) is 12.5 Å². The second-order valence-corrected chi connectivity index (χ2v) is 9.06. The highest BCUT2D eigenvalue weighted by molar-refractivity contribution is 6.30. The zero-order valence-electron chi connectivity index (χ0n) is 19.1. The molecule has 0 aliphatic carbocycles. The SMILES string of the molecule is CCOc1ccc(C(=O)NCc2ccc(Cl)cc2)cc1COc1ccc(C(C)(C)C)cc1. The molecule has 0 atom stereocenters. The van der Waals surface area contributed by atoms with Gasteiger partial charge in [0, 0.05) is 22.7 Å². The Kier molecular flexibility index (Phi) is 7.81. The number of hydrogen-bond donors (Lipinski definition) is 1. The third-order valence-electron chi connectivity index (χ3n) is 5.10. The lowest BCUT2D eigenvalue weighted by molar-refractivity contribution is 0.0950. The Morgan fingerprint density at radius 2 is 1.62 bits per heavy atom. The van der Waals surface area contributed by atoms with Crippen molar-refractivity contribution < 1.29 is 14.3 Å². The van der Waals surface area contributed by atoms with Crippen LogP contribution in [0.1, 0.15) is 54.7 Å².